The van der Waals surface area contributed by atoms with Gasteiger partial charge in [-0.15, -0.1) is 0 Å². The van der Waals surface area contributed by atoms with E-state index in [0.29, 0.717) is 17.2 Å². The van der Waals surface area contributed by atoms with Crippen LogP contribution in [0.15, 0.2) is 53.6 Å². The number of nitrogens with zero attached hydrogens (tertiary/aromatic N) is 4. The van der Waals surface area contributed by atoms with Gasteiger partial charge in [-0.2, -0.15) is 14.9 Å². The van der Waals surface area contributed by atoms with Crippen LogP contribution >= 0.6 is 12.2 Å². The van der Waals surface area contributed by atoms with E-state index in [-0.39, 0.29) is 0 Å². The lowest BCUT2D eigenvalue weighted by Gasteiger charge is -2.20. The summed E-state index contributed by atoms with van der Waals surface area (Å²) in [5, 5.41) is 11.7. The van der Waals surface area contributed by atoms with E-state index in [1.165, 1.54) is 5.69 Å². The Labute approximate surface area is 170 Å². The third kappa shape index (κ3) is 4.48. The molecule has 0 bridgehead atoms. The summed E-state index contributed by atoms with van der Waals surface area (Å²) < 4.78 is 7.56. The molecule has 0 aliphatic carbocycles. The molecule has 3 aromatic rings. The smallest absolute Gasteiger partial charge is 0.216 e. The minimum absolute atomic E-state index is 0.444. The molecule has 0 atom stereocenters. The lowest BCUT2D eigenvalue weighted by Crippen LogP contribution is -2.21. The Bertz CT molecular complexity index is 969. The van der Waals surface area contributed by atoms with Gasteiger partial charge in [-0.25, -0.2) is 5.10 Å². The minimum Gasteiger partial charge on any atom is -0.494 e. The highest BCUT2D eigenvalue weighted by molar-refractivity contribution is 7.71. The van der Waals surface area contributed by atoms with Crippen LogP contribution in [0.5, 0.6) is 5.75 Å². The maximum atomic E-state index is 5.49. The molecule has 0 aliphatic heterocycles. The van der Waals surface area contributed by atoms with Crippen molar-refractivity contribution in [2.75, 3.05) is 24.6 Å². The first-order valence-corrected chi connectivity index (χ1v) is 9.87. The quantitative estimate of drug-likeness (QED) is 0.442. The van der Waals surface area contributed by atoms with Gasteiger partial charge in [0.25, 0.3) is 0 Å². The molecule has 0 saturated carbocycles. The highest BCUT2D eigenvalue weighted by Gasteiger charge is 2.08. The van der Waals surface area contributed by atoms with Gasteiger partial charge in [0.1, 0.15) is 5.75 Å². The third-order valence-electron chi connectivity index (χ3n) is 4.42. The summed E-state index contributed by atoms with van der Waals surface area (Å²) in [5.74, 6) is 1.48. The van der Waals surface area contributed by atoms with Gasteiger partial charge >= 0.3 is 0 Å². The molecule has 2 aromatic carbocycles. The summed E-state index contributed by atoms with van der Waals surface area (Å²) in [4.78, 5) is 2.30. The largest absolute Gasteiger partial charge is 0.494 e. The SMILES string of the molecule is CCOc1ccc(-c2n[nH]c(=S)n2/N=C/c2ccc(N(CC)CC)cc2)cc1. The molecule has 0 saturated heterocycles. The average Bonchev–Trinajstić information content (AvgIpc) is 3.09. The van der Waals surface area contributed by atoms with Gasteiger partial charge in [0.15, 0.2) is 5.82 Å². The fourth-order valence-electron chi connectivity index (χ4n) is 2.94. The van der Waals surface area contributed by atoms with Crippen LogP contribution in [0.25, 0.3) is 11.4 Å². The molecule has 1 aromatic heterocycles. The predicted molar refractivity (Wildman–Crippen MR) is 117 cm³/mol. The highest BCUT2D eigenvalue weighted by Crippen LogP contribution is 2.21. The first-order chi connectivity index (χ1) is 13.7. The summed E-state index contributed by atoms with van der Waals surface area (Å²) in [6.45, 7) is 8.88. The van der Waals surface area contributed by atoms with Crippen molar-refractivity contribution in [1.29, 1.82) is 0 Å². The summed E-state index contributed by atoms with van der Waals surface area (Å²) in [5.41, 5.74) is 3.11. The van der Waals surface area contributed by atoms with Crippen LogP contribution in [0, 0.1) is 4.77 Å². The number of H-pyrrole nitrogens is 1. The molecular formula is C21H25N5OS. The van der Waals surface area contributed by atoms with Crippen molar-refractivity contribution in [2.45, 2.75) is 20.8 Å². The van der Waals surface area contributed by atoms with Crippen LogP contribution in [0.2, 0.25) is 0 Å². The second-order valence-electron chi connectivity index (χ2n) is 6.13. The molecule has 7 heteroatoms. The normalized spacial score (nSPS) is 11.1. The van der Waals surface area contributed by atoms with Gasteiger partial charge in [-0.1, -0.05) is 12.1 Å². The first kappa shape index (κ1) is 19.8. The topological polar surface area (TPSA) is 58.4 Å². The van der Waals surface area contributed by atoms with Gasteiger partial charge in [-0.05, 0) is 75.0 Å². The van der Waals surface area contributed by atoms with E-state index in [0.717, 1.165) is 30.0 Å². The van der Waals surface area contributed by atoms with E-state index in [4.69, 9.17) is 17.0 Å². The summed E-state index contributed by atoms with van der Waals surface area (Å²) >= 11 is 5.34. The van der Waals surface area contributed by atoms with Crippen molar-refractivity contribution in [3.63, 3.8) is 0 Å². The number of anilines is 1. The van der Waals surface area contributed by atoms with Crippen molar-refractivity contribution < 1.29 is 4.74 Å². The molecule has 0 radical (unpaired) electrons. The number of aromatic nitrogens is 3. The van der Waals surface area contributed by atoms with E-state index in [1.54, 1.807) is 10.9 Å². The number of nitrogens with one attached hydrogen (secondary N) is 1. The van der Waals surface area contributed by atoms with Crippen molar-refractivity contribution in [3.05, 3.63) is 58.9 Å². The molecule has 28 heavy (non-hydrogen) atoms. The van der Waals surface area contributed by atoms with Gasteiger partial charge in [0.05, 0.1) is 12.8 Å². The average molecular weight is 396 g/mol. The number of hydrogen-bond acceptors (Lipinski definition) is 5. The van der Waals surface area contributed by atoms with Crippen molar-refractivity contribution in [1.82, 2.24) is 14.9 Å². The Kier molecular flexibility index (Phi) is 6.60. The minimum atomic E-state index is 0.444. The molecule has 0 unspecified atom stereocenters. The second kappa shape index (κ2) is 9.32. The van der Waals surface area contributed by atoms with E-state index in [9.17, 15) is 0 Å². The van der Waals surface area contributed by atoms with Gasteiger partial charge in [0.2, 0.25) is 4.77 Å². The van der Waals surface area contributed by atoms with Gasteiger partial charge in [-0.3, -0.25) is 0 Å². The van der Waals surface area contributed by atoms with E-state index < -0.39 is 0 Å². The molecule has 0 amide bonds. The molecule has 1 heterocycles. The lowest BCUT2D eigenvalue weighted by molar-refractivity contribution is 0.340. The molecule has 3 rings (SSSR count). The summed E-state index contributed by atoms with van der Waals surface area (Å²) in [7, 11) is 0. The third-order valence-corrected chi connectivity index (χ3v) is 4.68. The van der Waals surface area contributed by atoms with E-state index in [1.807, 2.05) is 31.2 Å². The zero-order valence-corrected chi connectivity index (χ0v) is 17.2. The Morgan fingerprint density at radius 2 is 1.75 bits per heavy atom. The molecule has 0 fully saturated rings. The van der Waals surface area contributed by atoms with Crippen LogP contribution < -0.4 is 9.64 Å². The lowest BCUT2D eigenvalue weighted by atomic mass is 10.2. The second-order valence-corrected chi connectivity index (χ2v) is 6.52. The van der Waals surface area contributed by atoms with E-state index in [2.05, 4.69) is 58.3 Å². The van der Waals surface area contributed by atoms with Crippen LogP contribution in [-0.4, -0.2) is 40.8 Å². The number of ether oxygens (including phenoxy) is 1. The molecule has 1 N–H and O–H groups in total. The zero-order valence-electron chi connectivity index (χ0n) is 16.4. The zero-order chi connectivity index (χ0) is 19.9. The summed E-state index contributed by atoms with van der Waals surface area (Å²) in [6, 6.07) is 16.0. The Morgan fingerprint density at radius 3 is 2.36 bits per heavy atom. The van der Waals surface area contributed by atoms with Gasteiger partial charge < -0.3 is 9.64 Å². The summed E-state index contributed by atoms with van der Waals surface area (Å²) in [6.07, 6.45) is 1.79. The van der Waals surface area contributed by atoms with E-state index >= 15 is 0 Å². The Hall–Kier alpha value is -2.93. The highest BCUT2D eigenvalue weighted by atomic mass is 32.1. The Balaban J connectivity index is 1.83. The monoisotopic (exact) mass is 395 g/mol. The van der Waals surface area contributed by atoms with Crippen LogP contribution in [0.4, 0.5) is 5.69 Å². The number of rotatable bonds is 8. The number of benzene rings is 2. The van der Waals surface area contributed by atoms with Crippen LogP contribution in [0.1, 0.15) is 26.3 Å². The molecule has 0 aliphatic rings. The Morgan fingerprint density at radius 1 is 1.07 bits per heavy atom. The van der Waals surface area contributed by atoms with Crippen molar-refractivity contribution >= 4 is 24.1 Å². The molecule has 6 nitrogen and oxygen atoms in total. The van der Waals surface area contributed by atoms with Crippen LogP contribution in [-0.2, 0) is 0 Å². The van der Waals surface area contributed by atoms with Crippen molar-refractivity contribution in [3.8, 4) is 17.1 Å². The maximum absolute atomic E-state index is 5.49. The molecule has 0 spiro atoms. The van der Waals surface area contributed by atoms with Crippen LogP contribution in [0.3, 0.4) is 0 Å². The van der Waals surface area contributed by atoms with Crippen molar-refractivity contribution in [2.24, 2.45) is 5.10 Å². The fourth-order valence-corrected chi connectivity index (χ4v) is 3.12. The number of hydrogen-bond donors (Lipinski definition) is 1. The molecular weight excluding hydrogens is 370 g/mol. The van der Waals surface area contributed by atoms with Gasteiger partial charge in [0, 0.05) is 24.3 Å². The standard InChI is InChI=1S/C21H25N5OS/c1-4-25(5-2)18-11-7-16(8-12-18)15-22-26-20(23-24-21(26)28)17-9-13-19(14-10-17)27-6-3/h7-15H,4-6H2,1-3H3,(H,24,28)/b22-15+. The first-order valence-electron chi connectivity index (χ1n) is 9.46. The molecule has 146 valence electrons. The predicted octanol–water partition coefficient (Wildman–Crippen LogP) is 4.73. The fraction of sp³-hybridized carbons (Fsp3) is 0.286. The maximum Gasteiger partial charge on any atom is 0.216 e. The number of aromatic amines is 1.